The summed E-state index contributed by atoms with van der Waals surface area (Å²) in [6.45, 7) is 4.90. The molecule has 1 aliphatic heterocycles. The molecule has 0 aromatic heterocycles. The highest BCUT2D eigenvalue weighted by atomic mass is 35.5. The fourth-order valence-electron chi connectivity index (χ4n) is 3.01. The molecule has 23 heavy (non-hydrogen) atoms. The molecule has 6 heteroatoms. The van der Waals surface area contributed by atoms with Crippen LogP contribution >= 0.6 is 35.6 Å². The van der Waals surface area contributed by atoms with Crippen molar-refractivity contribution in [2.45, 2.75) is 32.7 Å². The molecule has 1 N–H and O–H groups in total. The van der Waals surface area contributed by atoms with Crippen molar-refractivity contribution in [3.63, 3.8) is 0 Å². The van der Waals surface area contributed by atoms with Crippen molar-refractivity contribution in [3.8, 4) is 0 Å². The van der Waals surface area contributed by atoms with Crippen LogP contribution in [0.2, 0.25) is 10.0 Å². The van der Waals surface area contributed by atoms with E-state index in [4.69, 9.17) is 23.2 Å². The van der Waals surface area contributed by atoms with Gasteiger partial charge in [-0.3, -0.25) is 4.79 Å². The van der Waals surface area contributed by atoms with Crippen molar-refractivity contribution in [1.82, 2.24) is 10.2 Å². The second kappa shape index (κ2) is 9.73. The van der Waals surface area contributed by atoms with Crippen molar-refractivity contribution in [2.75, 3.05) is 20.1 Å². The van der Waals surface area contributed by atoms with Gasteiger partial charge in [0.2, 0.25) is 5.91 Å². The summed E-state index contributed by atoms with van der Waals surface area (Å²) >= 11 is 11.9. The Labute approximate surface area is 155 Å². The Balaban J connectivity index is 0.00000264. The first kappa shape index (κ1) is 20.6. The number of rotatable bonds is 5. The molecule has 1 aliphatic rings. The van der Waals surface area contributed by atoms with Crippen LogP contribution in [0.5, 0.6) is 0 Å². The monoisotopic (exact) mass is 378 g/mol. The lowest BCUT2D eigenvalue weighted by atomic mass is 9.84. The lowest BCUT2D eigenvalue weighted by molar-refractivity contribution is -0.131. The molecule has 1 amide bonds. The second-order valence-electron chi connectivity index (χ2n) is 6.27. The van der Waals surface area contributed by atoms with Crippen LogP contribution in [-0.4, -0.2) is 30.9 Å². The summed E-state index contributed by atoms with van der Waals surface area (Å²) in [6.07, 6.45) is 2.96. The molecule has 3 nitrogen and oxygen atoms in total. The van der Waals surface area contributed by atoms with Gasteiger partial charge in [-0.2, -0.15) is 0 Å². The first-order valence-electron chi connectivity index (χ1n) is 7.86. The van der Waals surface area contributed by atoms with Gasteiger partial charge in [-0.05, 0) is 55.5 Å². The zero-order valence-corrected chi connectivity index (χ0v) is 16.0. The number of carbonyl (C=O) groups is 1. The summed E-state index contributed by atoms with van der Waals surface area (Å²) in [7, 11) is 1.85. The van der Waals surface area contributed by atoms with E-state index in [1.165, 1.54) is 12.8 Å². The van der Waals surface area contributed by atoms with Crippen molar-refractivity contribution < 1.29 is 4.79 Å². The van der Waals surface area contributed by atoms with E-state index in [9.17, 15) is 4.79 Å². The number of halogens is 3. The molecular weight excluding hydrogens is 355 g/mol. The maximum absolute atomic E-state index is 12.4. The summed E-state index contributed by atoms with van der Waals surface area (Å²) in [5, 5.41) is 4.44. The van der Waals surface area contributed by atoms with Crippen molar-refractivity contribution in [3.05, 3.63) is 33.8 Å². The van der Waals surface area contributed by atoms with Gasteiger partial charge in [-0.15, -0.1) is 12.4 Å². The Morgan fingerprint density at radius 1 is 1.30 bits per heavy atom. The van der Waals surface area contributed by atoms with Crippen molar-refractivity contribution in [2.24, 2.45) is 11.8 Å². The Bertz CT molecular complexity index is 519. The molecule has 1 heterocycles. The highest BCUT2D eigenvalue weighted by molar-refractivity contribution is 6.42. The Morgan fingerprint density at radius 2 is 1.96 bits per heavy atom. The highest BCUT2D eigenvalue weighted by Gasteiger charge is 2.23. The number of hydrogen-bond donors (Lipinski definition) is 1. The molecule has 2 rings (SSSR count). The molecule has 1 unspecified atom stereocenters. The third-order valence-corrected chi connectivity index (χ3v) is 5.25. The van der Waals surface area contributed by atoms with Crippen LogP contribution < -0.4 is 5.32 Å². The standard InChI is InChI=1S/C17H24Cl2N2O.ClH/c1-12(14-5-7-20-8-6-14)9-17(22)21(2)11-13-3-4-15(18)16(19)10-13;/h3-4,10,12,14,20H,5-9,11H2,1-2H3;1H. The smallest absolute Gasteiger partial charge is 0.222 e. The summed E-state index contributed by atoms with van der Waals surface area (Å²) in [6, 6.07) is 5.51. The minimum Gasteiger partial charge on any atom is -0.341 e. The summed E-state index contributed by atoms with van der Waals surface area (Å²) in [4.78, 5) is 14.2. The number of hydrogen-bond acceptors (Lipinski definition) is 2. The molecule has 0 radical (unpaired) electrons. The quantitative estimate of drug-likeness (QED) is 0.822. The molecule has 1 atom stereocenters. The van der Waals surface area contributed by atoms with E-state index in [2.05, 4.69) is 12.2 Å². The molecule has 0 spiro atoms. The summed E-state index contributed by atoms with van der Waals surface area (Å²) < 4.78 is 0. The molecule has 1 saturated heterocycles. The third kappa shape index (κ3) is 6.15. The van der Waals surface area contributed by atoms with Crippen LogP contribution in [0, 0.1) is 11.8 Å². The first-order valence-corrected chi connectivity index (χ1v) is 8.61. The molecular formula is C17H25Cl3N2O. The van der Waals surface area contributed by atoms with Crippen molar-refractivity contribution in [1.29, 1.82) is 0 Å². The maximum Gasteiger partial charge on any atom is 0.222 e. The van der Waals surface area contributed by atoms with Crippen LogP contribution in [0.1, 0.15) is 31.7 Å². The average molecular weight is 380 g/mol. The SMILES string of the molecule is CC(CC(=O)N(C)Cc1ccc(Cl)c(Cl)c1)C1CCNCC1.Cl. The maximum atomic E-state index is 12.4. The van der Waals surface area contributed by atoms with Gasteiger partial charge in [0, 0.05) is 20.0 Å². The number of piperidine rings is 1. The van der Waals surface area contributed by atoms with Crippen LogP contribution in [0.4, 0.5) is 0 Å². The Morgan fingerprint density at radius 3 is 2.57 bits per heavy atom. The van der Waals surface area contributed by atoms with E-state index in [0.717, 1.165) is 18.7 Å². The van der Waals surface area contributed by atoms with Crippen LogP contribution in [0.3, 0.4) is 0 Å². The zero-order valence-electron chi connectivity index (χ0n) is 13.6. The number of nitrogens with zero attached hydrogens (tertiary/aromatic N) is 1. The minimum absolute atomic E-state index is 0. The fourth-order valence-corrected chi connectivity index (χ4v) is 3.33. The number of benzene rings is 1. The molecule has 0 saturated carbocycles. The summed E-state index contributed by atoms with van der Waals surface area (Å²) in [5.74, 6) is 1.28. The third-order valence-electron chi connectivity index (χ3n) is 4.51. The molecule has 130 valence electrons. The average Bonchev–Trinajstić information content (AvgIpc) is 2.51. The Hall–Kier alpha value is -0.480. The van der Waals surface area contributed by atoms with Crippen LogP contribution in [0.25, 0.3) is 0 Å². The van der Waals surface area contributed by atoms with Gasteiger partial charge in [0.1, 0.15) is 0 Å². The zero-order chi connectivity index (χ0) is 16.1. The van der Waals surface area contributed by atoms with E-state index in [1.54, 1.807) is 11.0 Å². The van der Waals surface area contributed by atoms with E-state index in [0.29, 0.717) is 34.8 Å². The fraction of sp³-hybridized carbons (Fsp3) is 0.588. The normalized spacial score (nSPS) is 16.5. The van der Waals surface area contributed by atoms with Gasteiger partial charge in [0.15, 0.2) is 0 Å². The minimum atomic E-state index is 0. The van der Waals surface area contributed by atoms with E-state index in [1.807, 2.05) is 19.2 Å². The molecule has 1 aromatic rings. The topological polar surface area (TPSA) is 32.3 Å². The van der Waals surface area contributed by atoms with Crippen molar-refractivity contribution >= 4 is 41.5 Å². The van der Waals surface area contributed by atoms with E-state index >= 15 is 0 Å². The highest BCUT2D eigenvalue weighted by Crippen LogP contribution is 2.26. The molecule has 1 aromatic carbocycles. The molecule has 0 bridgehead atoms. The molecule has 0 aliphatic carbocycles. The van der Waals surface area contributed by atoms with Crippen LogP contribution in [-0.2, 0) is 11.3 Å². The van der Waals surface area contributed by atoms with Crippen LogP contribution in [0.15, 0.2) is 18.2 Å². The van der Waals surface area contributed by atoms with E-state index < -0.39 is 0 Å². The summed E-state index contributed by atoms with van der Waals surface area (Å²) in [5.41, 5.74) is 1.000. The molecule has 1 fully saturated rings. The first-order chi connectivity index (χ1) is 10.5. The number of carbonyl (C=O) groups excluding carboxylic acids is 1. The Kier molecular flexibility index (Phi) is 8.70. The lowest BCUT2D eigenvalue weighted by Gasteiger charge is -2.29. The van der Waals surface area contributed by atoms with Gasteiger partial charge in [-0.25, -0.2) is 0 Å². The van der Waals surface area contributed by atoms with Gasteiger partial charge in [-0.1, -0.05) is 36.2 Å². The lowest BCUT2D eigenvalue weighted by Crippen LogP contribution is -2.34. The van der Waals surface area contributed by atoms with Gasteiger partial charge < -0.3 is 10.2 Å². The van der Waals surface area contributed by atoms with Gasteiger partial charge in [0.25, 0.3) is 0 Å². The van der Waals surface area contributed by atoms with E-state index in [-0.39, 0.29) is 18.3 Å². The second-order valence-corrected chi connectivity index (χ2v) is 7.08. The number of nitrogens with one attached hydrogen (secondary N) is 1. The number of amides is 1. The predicted molar refractivity (Wildman–Crippen MR) is 99.6 cm³/mol. The van der Waals surface area contributed by atoms with Gasteiger partial charge >= 0.3 is 0 Å². The largest absolute Gasteiger partial charge is 0.341 e. The predicted octanol–water partition coefficient (Wildman–Crippen LogP) is 4.40. The van der Waals surface area contributed by atoms with Gasteiger partial charge in [0.05, 0.1) is 10.0 Å².